The van der Waals surface area contributed by atoms with Crippen molar-refractivity contribution in [2.24, 2.45) is 0 Å². The summed E-state index contributed by atoms with van der Waals surface area (Å²) in [5.74, 6) is 0.902. The van der Waals surface area contributed by atoms with E-state index in [1.807, 2.05) is 24.3 Å². The molecule has 0 aliphatic carbocycles. The zero-order valence-electron chi connectivity index (χ0n) is 19.1. The van der Waals surface area contributed by atoms with E-state index < -0.39 is 12.0 Å². The second-order valence-electron chi connectivity index (χ2n) is 7.50. The lowest BCUT2D eigenvalue weighted by atomic mass is 9.95. The Hall–Kier alpha value is -4.34. The summed E-state index contributed by atoms with van der Waals surface area (Å²) >= 11 is 0. The molecule has 2 amide bonds. The predicted octanol–water partition coefficient (Wildman–Crippen LogP) is 3.05. The number of amides is 2. The van der Waals surface area contributed by atoms with Crippen LogP contribution in [0.2, 0.25) is 0 Å². The summed E-state index contributed by atoms with van der Waals surface area (Å²) in [5.41, 5.74) is 3.08. The van der Waals surface area contributed by atoms with Crippen molar-refractivity contribution >= 4 is 12.0 Å². The van der Waals surface area contributed by atoms with Gasteiger partial charge in [0, 0.05) is 5.70 Å². The molecule has 2 aromatic carbocycles. The standard InChI is InChI=1S/C24H25N5O5/c1-4-33-23(30)21-15(2)25-24(31)26-22(21)16-5-9-20(10-6-16)34-14-17-13-29(28-27-17)18-7-11-19(32-3)12-8-18/h5-13,22H,4,14H2,1-3H3,(H2,25,26,31). The maximum atomic E-state index is 12.4. The molecule has 0 radical (unpaired) electrons. The Morgan fingerprint density at radius 2 is 1.79 bits per heavy atom. The fourth-order valence-electron chi connectivity index (χ4n) is 3.56. The summed E-state index contributed by atoms with van der Waals surface area (Å²) in [7, 11) is 1.62. The highest BCUT2D eigenvalue weighted by Gasteiger charge is 2.32. The monoisotopic (exact) mass is 463 g/mol. The van der Waals surface area contributed by atoms with Gasteiger partial charge in [0.2, 0.25) is 0 Å². The Balaban J connectivity index is 1.43. The van der Waals surface area contributed by atoms with Gasteiger partial charge in [-0.05, 0) is 55.8 Å². The van der Waals surface area contributed by atoms with Gasteiger partial charge < -0.3 is 24.8 Å². The van der Waals surface area contributed by atoms with Crippen LogP contribution in [0.4, 0.5) is 4.79 Å². The van der Waals surface area contributed by atoms with Gasteiger partial charge in [0.05, 0.1) is 37.2 Å². The van der Waals surface area contributed by atoms with Crippen molar-refractivity contribution in [3.8, 4) is 17.2 Å². The molecular weight excluding hydrogens is 438 g/mol. The van der Waals surface area contributed by atoms with Gasteiger partial charge in [-0.3, -0.25) is 0 Å². The lowest BCUT2D eigenvalue weighted by Gasteiger charge is -2.28. The van der Waals surface area contributed by atoms with Gasteiger partial charge in [-0.25, -0.2) is 14.3 Å². The molecule has 2 N–H and O–H groups in total. The molecule has 1 aliphatic rings. The molecule has 1 unspecified atom stereocenters. The van der Waals surface area contributed by atoms with Crippen molar-refractivity contribution in [2.45, 2.75) is 26.5 Å². The first kappa shape index (κ1) is 22.8. The van der Waals surface area contributed by atoms with Gasteiger partial charge in [-0.1, -0.05) is 17.3 Å². The Labute approximate surface area is 196 Å². The minimum atomic E-state index is -0.619. The third kappa shape index (κ3) is 5.01. The number of hydrogen-bond donors (Lipinski definition) is 2. The average Bonchev–Trinajstić information content (AvgIpc) is 3.32. The van der Waals surface area contributed by atoms with Crippen LogP contribution in [0.5, 0.6) is 11.5 Å². The van der Waals surface area contributed by atoms with Gasteiger partial charge >= 0.3 is 12.0 Å². The van der Waals surface area contributed by atoms with Crippen molar-refractivity contribution in [3.63, 3.8) is 0 Å². The first-order valence-electron chi connectivity index (χ1n) is 10.7. The summed E-state index contributed by atoms with van der Waals surface area (Å²) in [4.78, 5) is 24.4. The Bertz CT molecular complexity index is 1200. The molecule has 2 heterocycles. The number of nitrogens with one attached hydrogen (secondary N) is 2. The molecule has 34 heavy (non-hydrogen) atoms. The van der Waals surface area contributed by atoms with Crippen LogP contribution in [0, 0.1) is 0 Å². The fourth-order valence-corrected chi connectivity index (χ4v) is 3.56. The van der Waals surface area contributed by atoms with Gasteiger partial charge in [-0.15, -0.1) is 5.10 Å². The molecule has 10 nitrogen and oxygen atoms in total. The second kappa shape index (κ2) is 10.1. The zero-order valence-corrected chi connectivity index (χ0v) is 19.1. The van der Waals surface area contributed by atoms with E-state index in [9.17, 15) is 9.59 Å². The summed E-state index contributed by atoms with van der Waals surface area (Å²) in [6.07, 6.45) is 1.79. The second-order valence-corrected chi connectivity index (χ2v) is 7.50. The fraction of sp³-hybridized carbons (Fsp3) is 0.250. The normalized spacial score (nSPS) is 15.4. The van der Waals surface area contributed by atoms with Crippen molar-refractivity contribution in [2.75, 3.05) is 13.7 Å². The first-order chi connectivity index (χ1) is 16.5. The summed E-state index contributed by atoms with van der Waals surface area (Å²) in [6, 6.07) is 13.6. The number of allylic oxidation sites excluding steroid dienone is 1. The van der Waals surface area contributed by atoms with E-state index in [4.69, 9.17) is 14.2 Å². The van der Waals surface area contributed by atoms with Crippen molar-refractivity contribution < 1.29 is 23.8 Å². The van der Waals surface area contributed by atoms with E-state index in [0.717, 1.165) is 17.0 Å². The topological polar surface area (TPSA) is 117 Å². The molecule has 0 fully saturated rings. The van der Waals surface area contributed by atoms with Crippen LogP contribution >= 0.6 is 0 Å². The van der Waals surface area contributed by atoms with Crippen molar-refractivity contribution in [3.05, 3.63) is 77.3 Å². The molecule has 0 bridgehead atoms. The number of benzene rings is 2. The quantitative estimate of drug-likeness (QED) is 0.493. The van der Waals surface area contributed by atoms with Crippen LogP contribution in [0.1, 0.15) is 31.1 Å². The van der Waals surface area contributed by atoms with E-state index >= 15 is 0 Å². The number of ether oxygens (including phenoxy) is 3. The van der Waals surface area contributed by atoms with Crippen molar-refractivity contribution in [1.82, 2.24) is 25.6 Å². The van der Waals surface area contributed by atoms with Crippen LogP contribution in [-0.2, 0) is 16.1 Å². The molecule has 176 valence electrons. The molecule has 4 rings (SSSR count). The Kier molecular flexibility index (Phi) is 6.77. The minimum absolute atomic E-state index is 0.229. The van der Waals surface area contributed by atoms with E-state index in [2.05, 4.69) is 20.9 Å². The van der Waals surface area contributed by atoms with Gasteiger partial charge in [0.1, 0.15) is 23.8 Å². The third-order valence-electron chi connectivity index (χ3n) is 5.24. The number of rotatable bonds is 8. The molecule has 0 saturated carbocycles. The number of urea groups is 1. The molecule has 1 aromatic heterocycles. The van der Waals surface area contributed by atoms with Crippen LogP contribution in [0.25, 0.3) is 5.69 Å². The Morgan fingerprint density at radius 1 is 1.09 bits per heavy atom. The maximum absolute atomic E-state index is 12.4. The number of carbonyl (C=O) groups excluding carboxylic acids is 2. The first-order valence-corrected chi connectivity index (χ1v) is 10.7. The zero-order chi connectivity index (χ0) is 24.1. The number of esters is 1. The number of methoxy groups -OCH3 is 1. The maximum Gasteiger partial charge on any atom is 0.338 e. The molecule has 0 saturated heterocycles. The van der Waals surface area contributed by atoms with E-state index in [0.29, 0.717) is 22.7 Å². The van der Waals surface area contributed by atoms with E-state index in [-0.39, 0.29) is 19.2 Å². The van der Waals surface area contributed by atoms with E-state index in [1.165, 1.54) is 0 Å². The number of carbonyl (C=O) groups is 2. The minimum Gasteiger partial charge on any atom is -0.497 e. The lowest BCUT2D eigenvalue weighted by Crippen LogP contribution is -2.45. The van der Waals surface area contributed by atoms with Gasteiger partial charge in [-0.2, -0.15) is 0 Å². The molecule has 1 aliphatic heterocycles. The number of aromatic nitrogens is 3. The van der Waals surface area contributed by atoms with Crippen LogP contribution < -0.4 is 20.1 Å². The number of nitrogens with zero attached hydrogens (tertiary/aromatic N) is 3. The number of hydrogen-bond acceptors (Lipinski definition) is 7. The predicted molar refractivity (Wildman–Crippen MR) is 122 cm³/mol. The summed E-state index contributed by atoms with van der Waals surface area (Å²) < 4.78 is 17.8. The smallest absolute Gasteiger partial charge is 0.338 e. The molecule has 10 heteroatoms. The third-order valence-corrected chi connectivity index (χ3v) is 5.24. The summed E-state index contributed by atoms with van der Waals surface area (Å²) in [6.45, 7) is 3.88. The van der Waals surface area contributed by atoms with Gasteiger partial charge in [0.25, 0.3) is 0 Å². The van der Waals surface area contributed by atoms with E-state index in [1.54, 1.807) is 56.1 Å². The molecule has 0 spiro atoms. The molecular formula is C24H25N5O5. The largest absolute Gasteiger partial charge is 0.497 e. The van der Waals surface area contributed by atoms with Crippen LogP contribution in [0.15, 0.2) is 66.0 Å². The highest BCUT2D eigenvalue weighted by Crippen LogP contribution is 2.29. The van der Waals surface area contributed by atoms with Crippen molar-refractivity contribution in [1.29, 1.82) is 0 Å². The summed E-state index contributed by atoms with van der Waals surface area (Å²) in [5, 5.41) is 13.7. The van der Waals surface area contributed by atoms with Crippen LogP contribution in [0.3, 0.4) is 0 Å². The van der Waals surface area contributed by atoms with Crippen LogP contribution in [-0.4, -0.2) is 40.7 Å². The van der Waals surface area contributed by atoms with Gasteiger partial charge in [0.15, 0.2) is 0 Å². The lowest BCUT2D eigenvalue weighted by molar-refractivity contribution is -0.139. The average molecular weight is 463 g/mol. The highest BCUT2D eigenvalue weighted by atomic mass is 16.5. The SMILES string of the molecule is CCOC(=O)C1=C(C)NC(=O)NC1c1ccc(OCc2cn(-c3ccc(OC)cc3)nn2)cc1. The Morgan fingerprint density at radius 3 is 2.47 bits per heavy atom. The molecule has 1 atom stereocenters. The molecule has 3 aromatic rings. The highest BCUT2D eigenvalue weighted by molar-refractivity contribution is 5.95.